The molecular formula is C10H10N2. The molecule has 60 valence electrons. The van der Waals surface area contributed by atoms with Gasteiger partial charge >= 0.3 is 0 Å². The van der Waals surface area contributed by atoms with Crippen LogP contribution in [0.4, 0.5) is 0 Å². The summed E-state index contributed by atoms with van der Waals surface area (Å²) in [7, 11) is 0. The standard InChI is InChI=1S/C10H10N2/c1-7(11)10-9-5-3-2-4-8(9)6-12-10/h2-6,10-11H,1H3. The fraction of sp³-hybridized carbons (Fsp3) is 0.200. The normalized spacial score (nSPS) is 19.2. The van der Waals surface area contributed by atoms with Gasteiger partial charge in [0, 0.05) is 11.9 Å². The Labute approximate surface area is 71.5 Å². The van der Waals surface area contributed by atoms with Gasteiger partial charge in [-0.1, -0.05) is 24.3 Å². The predicted octanol–water partition coefficient (Wildman–Crippen LogP) is 2.20. The fourth-order valence-corrected chi connectivity index (χ4v) is 1.46. The Kier molecular flexibility index (Phi) is 1.54. The third-order valence-corrected chi connectivity index (χ3v) is 2.06. The van der Waals surface area contributed by atoms with Gasteiger partial charge in [-0.15, -0.1) is 0 Å². The molecule has 1 aliphatic rings. The Morgan fingerprint density at radius 3 is 2.92 bits per heavy atom. The minimum Gasteiger partial charge on any atom is -0.307 e. The second kappa shape index (κ2) is 2.55. The van der Waals surface area contributed by atoms with E-state index in [4.69, 9.17) is 5.41 Å². The van der Waals surface area contributed by atoms with Crippen molar-refractivity contribution in [3.8, 4) is 0 Å². The highest BCUT2D eigenvalue weighted by atomic mass is 14.8. The van der Waals surface area contributed by atoms with E-state index in [-0.39, 0.29) is 6.04 Å². The molecule has 2 heteroatoms. The van der Waals surface area contributed by atoms with Gasteiger partial charge in [0.05, 0.1) is 0 Å². The number of hydrogen-bond acceptors (Lipinski definition) is 2. The van der Waals surface area contributed by atoms with E-state index < -0.39 is 0 Å². The van der Waals surface area contributed by atoms with Crippen molar-refractivity contribution in [1.82, 2.24) is 0 Å². The first-order valence-corrected chi connectivity index (χ1v) is 3.96. The van der Waals surface area contributed by atoms with Gasteiger partial charge in [-0.2, -0.15) is 0 Å². The number of nitrogens with zero attached hydrogens (tertiary/aromatic N) is 1. The van der Waals surface area contributed by atoms with E-state index in [0.717, 1.165) is 11.1 Å². The Bertz CT molecular complexity index is 353. The SMILES string of the molecule is CC(=N)C1N=Cc2ccccc21. The number of hydrogen-bond donors (Lipinski definition) is 1. The Morgan fingerprint density at radius 2 is 2.17 bits per heavy atom. The third-order valence-electron chi connectivity index (χ3n) is 2.06. The number of benzene rings is 1. The minimum absolute atomic E-state index is 0.0267. The van der Waals surface area contributed by atoms with Crippen molar-refractivity contribution in [2.75, 3.05) is 0 Å². The van der Waals surface area contributed by atoms with E-state index in [2.05, 4.69) is 4.99 Å². The van der Waals surface area contributed by atoms with Gasteiger partial charge in [0.15, 0.2) is 0 Å². The van der Waals surface area contributed by atoms with Crippen LogP contribution >= 0.6 is 0 Å². The predicted molar refractivity (Wildman–Crippen MR) is 50.2 cm³/mol. The second-order valence-corrected chi connectivity index (χ2v) is 2.99. The number of rotatable bonds is 1. The molecular weight excluding hydrogens is 148 g/mol. The van der Waals surface area contributed by atoms with Crippen LogP contribution in [0.15, 0.2) is 29.3 Å². The lowest BCUT2D eigenvalue weighted by Crippen LogP contribution is -2.02. The van der Waals surface area contributed by atoms with E-state index in [1.807, 2.05) is 30.5 Å². The largest absolute Gasteiger partial charge is 0.307 e. The molecule has 0 aromatic heterocycles. The van der Waals surface area contributed by atoms with Crippen molar-refractivity contribution in [3.63, 3.8) is 0 Å². The summed E-state index contributed by atoms with van der Waals surface area (Å²) in [5, 5.41) is 7.51. The first-order chi connectivity index (χ1) is 5.79. The average molecular weight is 158 g/mol. The van der Waals surface area contributed by atoms with Gasteiger partial charge in [-0.05, 0) is 18.1 Å². The molecule has 0 spiro atoms. The van der Waals surface area contributed by atoms with Crippen molar-refractivity contribution >= 4 is 11.9 Å². The first kappa shape index (κ1) is 7.22. The second-order valence-electron chi connectivity index (χ2n) is 2.99. The molecule has 1 heterocycles. The molecule has 0 aliphatic carbocycles. The van der Waals surface area contributed by atoms with Gasteiger partial charge in [-0.25, -0.2) is 0 Å². The summed E-state index contributed by atoms with van der Waals surface area (Å²) in [6.45, 7) is 1.80. The van der Waals surface area contributed by atoms with Crippen LogP contribution in [0.25, 0.3) is 0 Å². The van der Waals surface area contributed by atoms with Crippen molar-refractivity contribution < 1.29 is 0 Å². The lowest BCUT2D eigenvalue weighted by atomic mass is 10.0. The molecule has 0 saturated carbocycles. The van der Waals surface area contributed by atoms with Crippen LogP contribution in [0.3, 0.4) is 0 Å². The minimum atomic E-state index is -0.0267. The zero-order valence-corrected chi connectivity index (χ0v) is 6.91. The van der Waals surface area contributed by atoms with Gasteiger partial charge in [0.1, 0.15) is 6.04 Å². The van der Waals surface area contributed by atoms with Crippen molar-refractivity contribution in [2.45, 2.75) is 13.0 Å². The zero-order valence-electron chi connectivity index (χ0n) is 6.91. The van der Waals surface area contributed by atoms with Gasteiger partial charge in [0.2, 0.25) is 0 Å². The Morgan fingerprint density at radius 1 is 1.42 bits per heavy atom. The smallest absolute Gasteiger partial charge is 0.113 e. The lowest BCUT2D eigenvalue weighted by Gasteiger charge is -2.06. The number of nitrogens with one attached hydrogen (secondary N) is 1. The molecule has 1 unspecified atom stereocenters. The molecule has 1 aromatic carbocycles. The van der Waals surface area contributed by atoms with Crippen LogP contribution in [-0.2, 0) is 0 Å². The number of aliphatic imine (C=N–C) groups is 1. The van der Waals surface area contributed by atoms with Gasteiger partial charge in [0.25, 0.3) is 0 Å². The Balaban J connectivity index is 2.49. The topological polar surface area (TPSA) is 36.2 Å². The van der Waals surface area contributed by atoms with Crippen LogP contribution in [0.1, 0.15) is 24.1 Å². The maximum atomic E-state index is 7.51. The van der Waals surface area contributed by atoms with Crippen LogP contribution in [0.5, 0.6) is 0 Å². The fourth-order valence-electron chi connectivity index (χ4n) is 1.46. The molecule has 1 aliphatic heterocycles. The Hall–Kier alpha value is -1.44. The average Bonchev–Trinajstić information content (AvgIpc) is 2.47. The summed E-state index contributed by atoms with van der Waals surface area (Å²) in [5.41, 5.74) is 2.91. The molecule has 2 nitrogen and oxygen atoms in total. The third kappa shape index (κ3) is 0.961. The highest BCUT2D eigenvalue weighted by Gasteiger charge is 2.18. The maximum absolute atomic E-state index is 7.51. The number of fused-ring (bicyclic) bond motifs is 1. The summed E-state index contributed by atoms with van der Waals surface area (Å²) in [5.74, 6) is 0. The van der Waals surface area contributed by atoms with E-state index in [1.54, 1.807) is 6.92 Å². The summed E-state index contributed by atoms with van der Waals surface area (Å²) < 4.78 is 0. The molecule has 12 heavy (non-hydrogen) atoms. The first-order valence-electron chi connectivity index (χ1n) is 3.96. The summed E-state index contributed by atoms with van der Waals surface area (Å²) in [6.07, 6.45) is 1.85. The summed E-state index contributed by atoms with van der Waals surface area (Å²) in [6, 6.07) is 8.02. The van der Waals surface area contributed by atoms with Crippen molar-refractivity contribution in [1.29, 1.82) is 5.41 Å². The van der Waals surface area contributed by atoms with E-state index >= 15 is 0 Å². The van der Waals surface area contributed by atoms with Crippen LogP contribution in [0.2, 0.25) is 0 Å². The summed E-state index contributed by atoms with van der Waals surface area (Å²) >= 11 is 0. The monoisotopic (exact) mass is 158 g/mol. The van der Waals surface area contributed by atoms with Crippen LogP contribution in [-0.4, -0.2) is 11.9 Å². The van der Waals surface area contributed by atoms with E-state index in [9.17, 15) is 0 Å². The molecule has 2 rings (SSSR count). The zero-order chi connectivity index (χ0) is 8.55. The molecule has 1 N–H and O–H groups in total. The van der Waals surface area contributed by atoms with E-state index in [0.29, 0.717) is 5.71 Å². The quantitative estimate of drug-likeness (QED) is 0.608. The molecule has 0 saturated heterocycles. The molecule has 1 atom stereocenters. The van der Waals surface area contributed by atoms with Gasteiger partial charge < -0.3 is 5.41 Å². The molecule has 0 amide bonds. The molecule has 0 radical (unpaired) electrons. The molecule has 0 bridgehead atoms. The molecule has 1 aromatic rings. The lowest BCUT2D eigenvalue weighted by molar-refractivity contribution is 0.976. The van der Waals surface area contributed by atoms with Crippen molar-refractivity contribution in [3.05, 3.63) is 35.4 Å². The van der Waals surface area contributed by atoms with Gasteiger partial charge in [-0.3, -0.25) is 4.99 Å². The van der Waals surface area contributed by atoms with E-state index in [1.165, 1.54) is 0 Å². The maximum Gasteiger partial charge on any atom is 0.113 e. The highest BCUT2D eigenvalue weighted by Crippen LogP contribution is 2.26. The highest BCUT2D eigenvalue weighted by molar-refractivity contribution is 5.95. The molecule has 0 fully saturated rings. The summed E-state index contributed by atoms with van der Waals surface area (Å²) in [4.78, 5) is 4.25. The van der Waals surface area contributed by atoms with Crippen LogP contribution < -0.4 is 0 Å². The van der Waals surface area contributed by atoms with Crippen molar-refractivity contribution in [2.24, 2.45) is 4.99 Å². The van der Waals surface area contributed by atoms with Crippen LogP contribution in [0, 0.1) is 5.41 Å².